The lowest BCUT2D eigenvalue weighted by Crippen LogP contribution is -2.42. The fourth-order valence-electron chi connectivity index (χ4n) is 3.02. The van der Waals surface area contributed by atoms with E-state index in [1.165, 1.54) is 0 Å². The van der Waals surface area contributed by atoms with E-state index >= 15 is 0 Å². The van der Waals surface area contributed by atoms with Gasteiger partial charge in [0.1, 0.15) is 6.10 Å². The summed E-state index contributed by atoms with van der Waals surface area (Å²) in [5, 5.41) is 0.962. The average Bonchev–Trinajstić information content (AvgIpc) is 3.12. The highest BCUT2D eigenvalue weighted by Crippen LogP contribution is 2.36. The first kappa shape index (κ1) is 16.5. The van der Waals surface area contributed by atoms with Gasteiger partial charge in [-0.15, -0.1) is 0 Å². The van der Waals surface area contributed by atoms with Gasteiger partial charge in [-0.2, -0.15) is 0 Å². The number of rotatable bonds is 2. The van der Waals surface area contributed by atoms with Crippen molar-refractivity contribution in [1.82, 2.24) is 4.90 Å². The van der Waals surface area contributed by atoms with E-state index in [-0.39, 0.29) is 18.8 Å². The first-order valence-electron chi connectivity index (χ1n) is 7.88. The molecule has 0 spiro atoms. The minimum atomic E-state index is -0.249. The number of halogens is 2. The van der Waals surface area contributed by atoms with Gasteiger partial charge in [0.2, 0.25) is 6.79 Å². The van der Waals surface area contributed by atoms with Crippen LogP contribution in [0.1, 0.15) is 22.0 Å². The van der Waals surface area contributed by atoms with Crippen LogP contribution in [0, 0.1) is 0 Å². The number of para-hydroxylation sites is 1. The summed E-state index contributed by atoms with van der Waals surface area (Å²) in [7, 11) is 0. The van der Waals surface area contributed by atoms with Crippen LogP contribution in [-0.4, -0.2) is 37.3 Å². The van der Waals surface area contributed by atoms with Gasteiger partial charge in [0.25, 0.3) is 5.91 Å². The Kier molecular flexibility index (Phi) is 4.46. The molecule has 0 radical (unpaired) electrons. The monoisotopic (exact) mass is 379 g/mol. The normalized spacial score (nSPS) is 19.1. The summed E-state index contributed by atoms with van der Waals surface area (Å²) in [6.45, 7) is 1.53. The molecule has 7 heteroatoms. The van der Waals surface area contributed by atoms with Crippen molar-refractivity contribution < 1.29 is 19.0 Å². The van der Waals surface area contributed by atoms with Crippen molar-refractivity contribution in [2.45, 2.75) is 6.10 Å². The van der Waals surface area contributed by atoms with Gasteiger partial charge in [-0.1, -0.05) is 35.3 Å². The molecule has 1 fully saturated rings. The minimum absolute atomic E-state index is 0.101. The largest absolute Gasteiger partial charge is 0.454 e. The van der Waals surface area contributed by atoms with Crippen LogP contribution in [-0.2, 0) is 4.74 Å². The Morgan fingerprint density at radius 3 is 2.84 bits per heavy atom. The van der Waals surface area contributed by atoms with Gasteiger partial charge in [0, 0.05) is 6.54 Å². The van der Waals surface area contributed by atoms with Crippen molar-refractivity contribution in [3.63, 3.8) is 0 Å². The van der Waals surface area contributed by atoms with E-state index in [4.69, 9.17) is 37.4 Å². The molecule has 1 amide bonds. The van der Waals surface area contributed by atoms with E-state index in [2.05, 4.69) is 0 Å². The SMILES string of the molecule is O=C(c1cccc2c1OCO2)N1CCOC(c2ccc(Cl)c(Cl)c2)C1. The fraction of sp³-hybridized carbons (Fsp3) is 0.278. The number of carbonyl (C=O) groups excluding carboxylic acids is 1. The predicted molar refractivity (Wildman–Crippen MR) is 93.6 cm³/mol. The molecule has 0 saturated carbocycles. The maximum Gasteiger partial charge on any atom is 0.257 e. The molecule has 1 saturated heterocycles. The lowest BCUT2D eigenvalue weighted by molar-refractivity contribution is -0.0229. The van der Waals surface area contributed by atoms with E-state index in [1.54, 1.807) is 35.2 Å². The molecular weight excluding hydrogens is 365 g/mol. The Morgan fingerprint density at radius 1 is 1.12 bits per heavy atom. The Hall–Kier alpha value is -1.95. The zero-order chi connectivity index (χ0) is 17.4. The molecule has 2 aromatic carbocycles. The second kappa shape index (κ2) is 6.75. The highest BCUT2D eigenvalue weighted by Gasteiger charge is 2.30. The summed E-state index contributed by atoms with van der Waals surface area (Å²) in [5.41, 5.74) is 1.40. The van der Waals surface area contributed by atoms with Crippen molar-refractivity contribution in [3.05, 3.63) is 57.6 Å². The van der Waals surface area contributed by atoms with Crippen molar-refractivity contribution in [2.24, 2.45) is 0 Å². The first-order valence-corrected chi connectivity index (χ1v) is 8.63. The van der Waals surface area contributed by atoms with Crippen LogP contribution in [0.3, 0.4) is 0 Å². The molecule has 130 valence electrons. The molecule has 4 rings (SSSR count). The smallest absolute Gasteiger partial charge is 0.257 e. The zero-order valence-corrected chi connectivity index (χ0v) is 14.7. The molecule has 1 atom stereocenters. The Balaban J connectivity index is 1.56. The Labute approximate surface area is 155 Å². The van der Waals surface area contributed by atoms with Crippen LogP contribution in [0.4, 0.5) is 0 Å². The standard InChI is InChI=1S/C18H15Cl2NO4/c19-13-5-4-11(8-14(13)20)16-9-21(6-7-23-16)18(22)12-2-1-3-15-17(12)25-10-24-15/h1-5,8,16H,6-7,9-10H2. The number of morpholine rings is 1. The van der Waals surface area contributed by atoms with Gasteiger partial charge in [-0.3, -0.25) is 4.79 Å². The number of amides is 1. The van der Waals surface area contributed by atoms with Gasteiger partial charge >= 0.3 is 0 Å². The lowest BCUT2D eigenvalue weighted by atomic mass is 10.1. The first-order chi connectivity index (χ1) is 12.1. The van der Waals surface area contributed by atoms with E-state index in [0.717, 1.165) is 5.56 Å². The highest BCUT2D eigenvalue weighted by atomic mass is 35.5. The molecular formula is C18H15Cl2NO4. The molecule has 2 aliphatic rings. The van der Waals surface area contributed by atoms with Crippen LogP contribution in [0.5, 0.6) is 11.5 Å². The van der Waals surface area contributed by atoms with Crippen LogP contribution in [0.25, 0.3) is 0 Å². The number of nitrogens with zero attached hydrogens (tertiary/aromatic N) is 1. The van der Waals surface area contributed by atoms with E-state index in [1.807, 2.05) is 6.07 Å². The van der Waals surface area contributed by atoms with E-state index in [9.17, 15) is 4.79 Å². The fourth-order valence-corrected chi connectivity index (χ4v) is 3.32. The topological polar surface area (TPSA) is 48.0 Å². The summed E-state index contributed by atoms with van der Waals surface area (Å²) < 4.78 is 16.6. The van der Waals surface area contributed by atoms with Crippen molar-refractivity contribution in [1.29, 1.82) is 0 Å². The maximum atomic E-state index is 12.9. The van der Waals surface area contributed by atoms with Crippen LogP contribution in [0.2, 0.25) is 10.0 Å². The quantitative estimate of drug-likeness (QED) is 0.792. The van der Waals surface area contributed by atoms with Crippen LogP contribution in [0.15, 0.2) is 36.4 Å². The molecule has 25 heavy (non-hydrogen) atoms. The molecule has 0 N–H and O–H groups in total. The molecule has 0 aliphatic carbocycles. The third kappa shape index (κ3) is 3.15. The number of fused-ring (bicyclic) bond motifs is 1. The lowest BCUT2D eigenvalue weighted by Gasteiger charge is -2.33. The summed E-state index contributed by atoms with van der Waals surface area (Å²) in [4.78, 5) is 14.7. The molecule has 1 unspecified atom stereocenters. The summed E-state index contributed by atoms with van der Waals surface area (Å²) >= 11 is 12.1. The number of carbonyl (C=O) groups is 1. The van der Waals surface area contributed by atoms with E-state index < -0.39 is 0 Å². The second-order valence-corrected chi connectivity index (χ2v) is 6.64. The summed E-state index contributed by atoms with van der Waals surface area (Å²) in [6, 6.07) is 10.7. The number of hydrogen-bond donors (Lipinski definition) is 0. The van der Waals surface area contributed by atoms with Gasteiger partial charge in [-0.25, -0.2) is 0 Å². The Bertz CT molecular complexity index is 827. The molecule has 0 aromatic heterocycles. The number of hydrogen-bond acceptors (Lipinski definition) is 4. The van der Waals surface area contributed by atoms with Gasteiger partial charge in [-0.05, 0) is 29.8 Å². The molecule has 2 heterocycles. The number of benzene rings is 2. The summed E-state index contributed by atoms with van der Waals surface area (Å²) in [5.74, 6) is 1.00. The minimum Gasteiger partial charge on any atom is -0.454 e. The average molecular weight is 380 g/mol. The van der Waals surface area contributed by atoms with E-state index in [0.29, 0.717) is 46.8 Å². The van der Waals surface area contributed by atoms with Crippen molar-refractivity contribution >= 4 is 29.1 Å². The van der Waals surface area contributed by atoms with Crippen molar-refractivity contribution in [2.75, 3.05) is 26.5 Å². The zero-order valence-electron chi connectivity index (χ0n) is 13.2. The molecule has 0 bridgehead atoms. The maximum absolute atomic E-state index is 12.9. The molecule has 2 aromatic rings. The van der Waals surface area contributed by atoms with Crippen LogP contribution >= 0.6 is 23.2 Å². The Morgan fingerprint density at radius 2 is 2.00 bits per heavy atom. The van der Waals surface area contributed by atoms with Gasteiger partial charge < -0.3 is 19.1 Å². The highest BCUT2D eigenvalue weighted by molar-refractivity contribution is 6.42. The summed E-state index contributed by atoms with van der Waals surface area (Å²) in [6.07, 6.45) is -0.249. The third-order valence-corrected chi connectivity index (χ3v) is 5.04. The predicted octanol–water partition coefficient (Wildman–Crippen LogP) is 3.94. The van der Waals surface area contributed by atoms with Crippen LogP contribution < -0.4 is 9.47 Å². The third-order valence-electron chi connectivity index (χ3n) is 4.30. The second-order valence-electron chi connectivity index (χ2n) is 5.82. The van der Waals surface area contributed by atoms with Gasteiger partial charge in [0.15, 0.2) is 11.5 Å². The molecule has 5 nitrogen and oxygen atoms in total. The number of ether oxygens (including phenoxy) is 3. The van der Waals surface area contributed by atoms with Crippen molar-refractivity contribution in [3.8, 4) is 11.5 Å². The molecule has 2 aliphatic heterocycles. The van der Waals surface area contributed by atoms with Gasteiger partial charge in [0.05, 0.1) is 28.8 Å².